The van der Waals surface area contributed by atoms with Gasteiger partial charge in [-0.05, 0) is 66.1 Å². The molecule has 0 saturated carbocycles. The highest BCUT2D eigenvalue weighted by atomic mass is 127. The van der Waals surface area contributed by atoms with Crippen molar-refractivity contribution in [2.45, 2.75) is 32.7 Å². The predicted octanol–water partition coefficient (Wildman–Crippen LogP) is 4.67. The van der Waals surface area contributed by atoms with Crippen LogP contribution in [0.25, 0.3) is 0 Å². The lowest BCUT2D eigenvalue weighted by Crippen LogP contribution is -2.21. The summed E-state index contributed by atoms with van der Waals surface area (Å²) < 4.78 is 7.19. The highest BCUT2D eigenvalue weighted by Gasteiger charge is 2.10. The molecule has 0 aliphatic rings. The maximum absolute atomic E-state index is 6.09. The summed E-state index contributed by atoms with van der Waals surface area (Å²) in [6.45, 7) is 4.21. The normalized spacial score (nSPS) is 12.2. The first-order valence-corrected chi connectivity index (χ1v) is 7.95. The summed E-state index contributed by atoms with van der Waals surface area (Å²) in [5.74, 6) is 1.80. The van der Waals surface area contributed by atoms with Crippen LogP contribution in [0.1, 0.15) is 24.5 Å². The van der Waals surface area contributed by atoms with Gasteiger partial charge in [0.2, 0.25) is 0 Å². The molecule has 2 aromatic carbocycles. The standard InChI is InChI=1S/C17H20INO/c1-3-14(19)11-13-10-12(2)8-9-16(13)20-17-7-5-4-6-15(17)18/h4-10,14H,3,11,19H2,1-2H3. The van der Waals surface area contributed by atoms with E-state index >= 15 is 0 Å². The molecule has 2 nitrogen and oxygen atoms in total. The van der Waals surface area contributed by atoms with Gasteiger partial charge >= 0.3 is 0 Å². The Bertz CT molecular complexity index is 583. The van der Waals surface area contributed by atoms with Crippen LogP contribution in [-0.4, -0.2) is 6.04 Å². The van der Waals surface area contributed by atoms with Crippen molar-refractivity contribution in [3.63, 3.8) is 0 Å². The first kappa shape index (κ1) is 15.3. The summed E-state index contributed by atoms with van der Waals surface area (Å²) in [5.41, 5.74) is 8.50. The number of ether oxygens (including phenoxy) is 1. The highest BCUT2D eigenvalue weighted by molar-refractivity contribution is 14.1. The maximum atomic E-state index is 6.09. The largest absolute Gasteiger partial charge is 0.456 e. The third kappa shape index (κ3) is 3.96. The van der Waals surface area contributed by atoms with Crippen LogP contribution in [0.5, 0.6) is 11.5 Å². The molecular formula is C17H20INO. The molecule has 2 rings (SSSR count). The molecule has 0 bridgehead atoms. The van der Waals surface area contributed by atoms with Gasteiger partial charge in [0.15, 0.2) is 0 Å². The SMILES string of the molecule is CCC(N)Cc1cc(C)ccc1Oc1ccccc1I. The Morgan fingerprint density at radius 3 is 2.60 bits per heavy atom. The van der Waals surface area contributed by atoms with Gasteiger partial charge in [0.25, 0.3) is 0 Å². The van der Waals surface area contributed by atoms with Crippen molar-refractivity contribution in [3.05, 3.63) is 57.2 Å². The molecular weight excluding hydrogens is 361 g/mol. The minimum atomic E-state index is 0.175. The van der Waals surface area contributed by atoms with Crippen LogP contribution in [0.4, 0.5) is 0 Å². The van der Waals surface area contributed by atoms with Gasteiger partial charge in [-0.3, -0.25) is 0 Å². The topological polar surface area (TPSA) is 35.2 Å². The lowest BCUT2D eigenvalue weighted by molar-refractivity contribution is 0.469. The molecule has 0 radical (unpaired) electrons. The third-order valence-electron chi connectivity index (χ3n) is 3.28. The van der Waals surface area contributed by atoms with Crippen molar-refractivity contribution < 1.29 is 4.74 Å². The zero-order valence-corrected chi connectivity index (χ0v) is 14.1. The molecule has 2 aromatic rings. The van der Waals surface area contributed by atoms with Crippen LogP contribution in [0.15, 0.2) is 42.5 Å². The Morgan fingerprint density at radius 1 is 1.15 bits per heavy atom. The maximum Gasteiger partial charge on any atom is 0.140 e. The quantitative estimate of drug-likeness (QED) is 0.764. The van der Waals surface area contributed by atoms with Crippen LogP contribution in [0, 0.1) is 10.5 Å². The minimum absolute atomic E-state index is 0.175. The summed E-state index contributed by atoms with van der Waals surface area (Å²) in [5, 5.41) is 0. The van der Waals surface area contributed by atoms with Crippen molar-refractivity contribution in [1.82, 2.24) is 0 Å². The number of halogens is 1. The zero-order chi connectivity index (χ0) is 14.5. The van der Waals surface area contributed by atoms with E-state index < -0.39 is 0 Å². The van der Waals surface area contributed by atoms with Crippen molar-refractivity contribution in [2.75, 3.05) is 0 Å². The molecule has 1 unspecified atom stereocenters. The molecule has 0 aliphatic heterocycles. The highest BCUT2D eigenvalue weighted by Crippen LogP contribution is 2.30. The van der Waals surface area contributed by atoms with Crippen LogP contribution in [-0.2, 0) is 6.42 Å². The first-order chi connectivity index (χ1) is 9.60. The van der Waals surface area contributed by atoms with Gasteiger partial charge in [-0.25, -0.2) is 0 Å². The number of hydrogen-bond acceptors (Lipinski definition) is 2. The zero-order valence-electron chi connectivity index (χ0n) is 11.9. The van der Waals surface area contributed by atoms with Gasteiger partial charge in [0.1, 0.15) is 11.5 Å². The van der Waals surface area contributed by atoms with Crippen molar-refractivity contribution in [3.8, 4) is 11.5 Å². The second-order valence-corrected chi connectivity index (χ2v) is 6.18. The van der Waals surface area contributed by atoms with Gasteiger partial charge in [-0.1, -0.05) is 36.8 Å². The molecule has 0 aliphatic carbocycles. The summed E-state index contributed by atoms with van der Waals surface area (Å²) in [7, 11) is 0. The Hall–Kier alpha value is -1.07. The summed E-state index contributed by atoms with van der Waals surface area (Å²) in [6, 6.07) is 14.5. The molecule has 2 N–H and O–H groups in total. The van der Waals surface area contributed by atoms with E-state index in [1.807, 2.05) is 30.3 Å². The second-order valence-electron chi connectivity index (χ2n) is 5.02. The molecule has 106 valence electrons. The average molecular weight is 381 g/mol. The summed E-state index contributed by atoms with van der Waals surface area (Å²) in [4.78, 5) is 0. The lowest BCUT2D eigenvalue weighted by atomic mass is 10.0. The fourth-order valence-corrected chi connectivity index (χ4v) is 2.54. The Labute approximate surface area is 134 Å². The van der Waals surface area contributed by atoms with E-state index in [1.165, 1.54) is 11.1 Å². The molecule has 0 fully saturated rings. The summed E-state index contributed by atoms with van der Waals surface area (Å²) in [6.07, 6.45) is 1.81. The average Bonchev–Trinajstić information content (AvgIpc) is 2.44. The number of nitrogens with two attached hydrogens (primary N) is 1. The molecule has 1 atom stereocenters. The first-order valence-electron chi connectivity index (χ1n) is 6.87. The summed E-state index contributed by atoms with van der Waals surface area (Å²) >= 11 is 2.29. The van der Waals surface area contributed by atoms with Crippen LogP contribution in [0.3, 0.4) is 0 Å². The molecule has 0 spiro atoms. The van der Waals surface area contributed by atoms with Crippen molar-refractivity contribution in [1.29, 1.82) is 0 Å². The number of rotatable bonds is 5. The second kappa shape index (κ2) is 7.09. The van der Waals surface area contributed by atoms with Gasteiger partial charge < -0.3 is 10.5 Å². The van der Waals surface area contributed by atoms with Gasteiger partial charge in [0.05, 0.1) is 3.57 Å². The molecule has 3 heteroatoms. The van der Waals surface area contributed by atoms with Gasteiger partial charge in [-0.15, -0.1) is 0 Å². The number of aryl methyl sites for hydroxylation is 1. The minimum Gasteiger partial charge on any atom is -0.456 e. The number of benzene rings is 2. The smallest absolute Gasteiger partial charge is 0.140 e. The van der Waals surface area contributed by atoms with Gasteiger partial charge in [-0.2, -0.15) is 0 Å². The molecule has 0 saturated heterocycles. The number of para-hydroxylation sites is 1. The number of hydrogen-bond donors (Lipinski definition) is 1. The van der Waals surface area contributed by atoms with E-state index in [9.17, 15) is 0 Å². The molecule has 0 heterocycles. The Kier molecular flexibility index (Phi) is 5.43. The Morgan fingerprint density at radius 2 is 1.90 bits per heavy atom. The van der Waals surface area contributed by atoms with Crippen LogP contribution in [0.2, 0.25) is 0 Å². The van der Waals surface area contributed by atoms with Crippen LogP contribution >= 0.6 is 22.6 Å². The van der Waals surface area contributed by atoms with E-state index in [2.05, 4.69) is 48.6 Å². The van der Waals surface area contributed by atoms with E-state index in [4.69, 9.17) is 10.5 Å². The van der Waals surface area contributed by atoms with Crippen LogP contribution < -0.4 is 10.5 Å². The Balaban J connectivity index is 2.29. The van der Waals surface area contributed by atoms with E-state index in [1.54, 1.807) is 0 Å². The van der Waals surface area contributed by atoms with Gasteiger partial charge in [0, 0.05) is 6.04 Å². The lowest BCUT2D eigenvalue weighted by Gasteiger charge is -2.15. The molecule has 0 amide bonds. The molecule has 20 heavy (non-hydrogen) atoms. The monoisotopic (exact) mass is 381 g/mol. The molecule has 0 aromatic heterocycles. The third-order valence-corrected chi connectivity index (χ3v) is 4.17. The van der Waals surface area contributed by atoms with Crippen molar-refractivity contribution in [2.24, 2.45) is 5.73 Å². The van der Waals surface area contributed by atoms with E-state index in [-0.39, 0.29) is 6.04 Å². The van der Waals surface area contributed by atoms with E-state index in [0.29, 0.717) is 0 Å². The fourth-order valence-electron chi connectivity index (χ4n) is 2.04. The van der Waals surface area contributed by atoms with Crippen molar-refractivity contribution >= 4 is 22.6 Å². The fraction of sp³-hybridized carbons (Fsp3) is 0.294. The predicted molar refractivity (Wildman–Crippen MR) is 92.4 cm³/mol. The van der Waals surface area contributed by atoms with E-state index in [0.717, 1.165) is 27.9 Å².